The predicted molar refractivity (Wildman–Crippen MR) is 140 cm³/mol. The Morgan fingerprint density at radius 3 is 2.74 bits per heavy atom. The number of nitrogens with zero attached hydrogens (tertiary/aromatic N) is 3. The maximum atomic E-state index is 13.2. The molecule has 0 aliphatic rings. The lowest BCUT2D eigenvalue weighted by Crippen LogP contribution is -2.28. The zero-order valence-electron chi connectivity index (χ0n) is 19.1. The van der Waals surface area contributed by atoms with Gasteiger partial charge in [0.1, 0.15) is 10.4 Å². The van der Waals surface area contributed by atoms with Crippen LogP contribution in [0, 0.1) is 0 Å². The molecule has 0 saturated carbocycles. The molecule has 0 unspecified atom stereocenters. The molecule has 0 aliphatic carbocycles. The highest BCUT2D eigenvalue weighted by molar-refractivity contribution is 7.99. The average molecular weight is 492 g/mol. The van der Waals surface area contributed by atoms with Crippen LogP contribution in [0.2, 0.25) is 0 Å². The van der Waals surface area contributed by atoms with Gasteiger partial charge < -0.3 is 9.64 Å². The molecule has 6 nitrogen and oxygen atoms in total. The number of benzene rings is 2. The molecule has 0 saturated heterocycles. The molecule has 8 heteroatoms. The molecule has 174 valence electrons. The fraction of sp³-hybridized carbons (Fsp3) is 0.192. The van der Waals surface area contributed by atoms with Crippen LogP contribution in [0.3, 0.4) is 0 Å². The Kier molecular flexibility index (Phi) is 7.49. The number of aromatic nitrogens is 2. The number of hydrogen-bond donors (Lipinski definition) is 0. The zero-order valence-corrected chi connectivity index (χ0v) is 20.7. The number of hydrogen-bond acceptors (Lipinski definition) is 6. The number of thiophene rings is 1. The summed E-state index contributed by atoms with van der Waals surface area (Å²) in [5.41, 5.74) is 2.56. The van der Waals surface area contributed by atoms with Crippen molar-refractivity contribution in [3.8, 4) is 16.2 Å². The lowest BCUT2D eigenvalue weighted by Gasteiger charge is -2.18. The van der Waals surface area contributed by atoms with Crippen LogP contribution >= 0.6 is 23.1 Å². The maximum absolute atomic E-state index is 13.2. The highest BCUT2D eigenvalue weighted by Crippen LogP contribution is 2.32. The van der Waals surface area contributed by atoms with Gasteiger partial charge in [0.15, 0.2) is 5.16 Å². The minimum Gasteiger partial charge on any atom is -0.497 e. The van der Waals surface area contributed by atoms with E-state index in [1.165, 1.54) is 23.1 Å². The first-order valence-corrected chi connectivity index (χ1v) is 12.5. The second-order valence-electron chi connectivity index (χ2n) is 7.68. The molecule has 0 fully saturated rings. The third-order valence-corrected chi connectivity index (χ3v) is 7.40. The molecule has 0 N–H and O–H groups in total. The van der Waals surface area contributed by atoms with E-state index in [1.54, 1.807) is 29.7 Å². The van der Waals surface area contributed by atoms with Crippen LogP contribution in [0.15, 0.2) is 83.3 Å². The van der Waals surface area contributed by atoms with Gasteiger partial charge in [-0.15, -0.1) is 17.9 Å². The highest BCUT2D eigenvalue weighted by Gasteiger charge is 2.17. The van der Waals surface area contributed by atoms with Crippen LogP contribution in [0.5, 0.6) is 5.75 Å². The van der Waals surface area contributed by atoms with E-state index < -0.39 is 0 Å². The van der Waals surface area contributed by atoms with E-state index >= 15 is 0 Å². The number of fused-ring (bicyclic) bond motifs is 1. The van der Waals surface area contributed by atoms with E-state index in [2.05, 4.69) is 6.58 Å². The van der Waals surface area contributed by atoms with Gasteiger partial charge in [0.25, 0.3) is 5.56 Å². The lowest BCUT2D eigenvalue weighted by molar-refractivity contribution is -0.127. The van der Waals surface area contributed by atoms with Crippen molar-refractivity contribution >= 4 is 39.2 Å². The predicted octanol–water partition coefficient (Wildman–Crippen LogP) is 5.07. The van der Waals surface area contributed by atoms with Gasteiger partial charge in [-0.25, -0.2) is 4.98 Å². The van der Waals surface area contributed by atoms with E-state index in [4.69, 9.17) is 9.72 Å². The smallest absolute Gasteiger partial charge is 0.272 e. The first kappa shape index (κ1) is 23.8. The Bertz CT molecular complexity index is 1380. The first-order valence-electron chi connectivity index (χ1n) is 10.7. The molecule has 2 aromatic carbocycles. The zero-order chi connectivity index (χ0) is 24.1. The topological polar surface area (TPSA) is 64.4 Å². The average Bonchev–Trinajstić information content (AvgIpc) is 3.29. The van der Waals surface area contributed by atoms with Crippen molar-refractivity contribution in [1.29, 1.82) is 0 Å². The van der Waals surface area contributed by atoms with Crippen LogP contribution in [0.4, 0.5) is 0 Å². The molecular formula is C26H25N3O3S2. The molecule has 0 aliphatic heterocycles. The van der Waals surface area contributed by atoms with E-state index in [-0.39, 0.29) is 17.2 Å². The minimum atomic E-state index is -0.114. The summed E-state index contributed by atoms with van der Waals surface area (Å²) in [5.74, 6) is 0.873. The van der Waals surface area contributed by atoms with Gasteiger partial charge in [0.05, 0.1) is 18.4 Å². The van der Waals surface area contributed by atoms with Crippen LogP contribution < -0.4 is 10.3 Å². The van der Waals surface area contributed by atoms with Gasteiger partial charge in [-0.2, -0.15) is 0 Å². The van der Waals surface area contributed by atoms with Gasteiger partial charge in [-0.05, 0) is 29.3 Å². The van der Waals surface area contributed by atoms with Crippen LogP contribution in [-0.4, -0.2) is 40.3 Å². The van der Waals surface area contributed by atoms with Crippen molar-refractivity contribution in [2.45, 2.75) is 18.2 Å². The van der Waals surface area contributed by atoms with Gasteiger partial charge in [0.2, 0.25) is 5.91 Å². The molecule has 2 aromatic heterocycles. The molecule has 2 heterocycles. The number of thioether (sulfide) groups is 1. The second-order valence-corrected chi connectivity index (χ2v) is 9.67. The summed E-state index contributed by atoms with van der Waals surface area (Å²) >= 11 is 2.70. The SMILES string of the molecule is C=CCn1c(SCC(=O)N(C)Cc2cccc(OC)c2)nc2cc(-c3ccccc3)sc2c1=O. The molecule has 34 heavy (non-hydrogen) atoms. The van der Waals surface area contributed by atoms with Crippen molar-refractivity contribution in [3.63, 3.8) is 0 Å². The first-order chi connectivity index (χ1) is 16.5. The molecule has 0 atom stereocenters. The molecule has 4 aromatic rings. The van der Waals surface area contributed by atoms with Gasteiger partial charge in [-0.1, -0.05) is 60.3 Å². The van der Waals surface area contributed by atoms with Crippen molar-refractivity contribution in [2.75, 3.05) is 19.9 Å². The number of carbonyl (C=O) groups is 1. The minimum absolute atomic E-state index is 0.0531. The largest absolute Gasteiger partial charge is 0.497 e. The second kappa shape index (κ2) is 10.7. The Hall–Kier alpha value is -3.36. The van der Waals surface area contributed by atoms with Gasteiger partial charge >= 0.3 is 0 Å². The Morgan fingerprint density at radius 1 is 1.21 bits per heavy atom. The van der Waals surface area contributed by atoms with Crippen molar-refractivity contribution in [1.82, 2.24) is 14.5 Å². The molecule has 4 rings (SSSR count). The molecular weight excluding hydrogens is 466 g/mol. The lowest BCUT2D eigenvalue weighted by atomic mass is 10.2. The van der Waals surface area contributed by atoms with Crippen molar-refractivity contribution in [3.05, 3.63) is 89.2 Å². The van der Waals surface area contributed by atoms with Crippen LogP contribution in [0.1, 0.15) is 5.56 Å². The monoisotopic (exact) mass is 491 g/mol. The number of carbonyl (C=O) groups excluding carboxylic acids is 1. The van der Waals surface area contributed by atoms with Gasteiger partial charge in [-0.3, -0.25) is 14.2 Å². The third-order valence-electron chi connectivity index (χ3n) is 5.27. The highest BCUT2D eigenvalue weighted by atomic mass is 32.2. The van der Waals surface area contributed by atoms with E-state index in [0.717, 1.165) is 21.8 Å². The summed E-state index contributed by atoms with van der Waals surface area (Å²) in [6.45, 7) is 4.57. The van der Waals surface area contributed by atoms with Gasteiger partial charge in [0, 0.05) is 25.0 Å². The van der Waals surface area contributed by atoms with Crippen molar-refractivity contribution < 1.29 is 9.53 Å². The standard InChI is InChI=1S/C26H25N3O3S2/c1-4-13-29-25(31)24-21(15-22(34-24)19-10-6-5-7-11-19)27-26(29)33-17-23(30)28(2)16-18-9-8-12-20(14-18)32-3/h4-12,14-15H,1,13,16-17H2,2-3H3. The summed E-state index contributed by atoms with van der Waals surface area (Å²) in [7, 11) is 3.38. The van der Waals surface area contributed by atoms with E-state index in [1.807, 2.05) is 60.7 Å². The number of rotatable bonds is 9. The quantitative estimate of drug-likeness (QED) is 0.186. The van der Waals surface area contributed by atoms with Crippen LogP contribution in [-0.2, 0) is 17.9 Å². The van der Waals surface area contributed by atoms with Crippen molar-refractivity contribution in [2.24, 2.45) is 0 Å². The number of ether oxygens (including phenoxy) is 1. The van der Waals surface area contributed by atoms with E-state index in [9.17, 15) is 9.59 Å². The molecule has 0 spiro atoms. The molecule has 0 radical (unpaired) electrons. The van der Waals surface area contributed by atoms with Crippen LogP contribution in [0.25, 0.3) is 20.7 Å². The maximum Gasteiger partial charge on any atom is 0.272 e. The summed E-state index contributed by atoms with van der Waals surface area (Å²) < 4.78 is 7.45. The number of allylic oxidation sites excluding steroid dienone is 1. The number of methoxy groups -OCH3 is 1. The molecule has 1 amide bonds. The summed E-state index contributed by atoms with van der Waals surface area (Å²) in [6, 6.07) is 19.5. The Balaban J connectivity index is 1.55. The fourth-order valence-corrected chi connectivity index (χ4v) is 5.51. The summed E-state index contributed by atoms with van der Waals surface area (Å²) in [4.78, 5) is 33.4. The summed E-state index contributed by atoms with van der Waals surface area (Å²) in [5, 5.41) is 0.512. The Labute approximate surface area is 206 Å². The summed E-state index contributed by atoms with van der Waals surface area (Å²) in [6.07, 6.45) is 1.67. The number of amides is 1. The third kappa shape index (κ3) is 5.24. The van der Waals surface area contributed by atoms with E-state index in [0.29, 0.717) is 28.5 Å². The normalized spacial score (nSPS) is 10.9. The molecule has 0 bridgehead atoms. The fourth-order valence-electron chi connectivity index (χ4n) is 3.50. The Morgan fingerprint density at radius 2 is 2.00 bits per heavy atom.